The normalized spacial score (nSPS) is 24.0. The van der Waals surface area contributed by atoms with Crippen molar-refractivity contribution in [3.8, 4) is 0 Å². The van der Waals surface area contributed by atoms with Crippen molar-refractivity contribution < 1.29 is 4.79 Å². The van der Waals surface area contributed by atoms with Gasteiger partial charge in [0.15, 0.2) is 4.96 Å². The van der Waals surface area contributed by atoms with E-state index in [-0.39, 0.29) is 23.9 Å². The number of aromatic nitrogens is 2. The lowest BCUT2D eigenvalue weighted by atomic mass is 9.92. The molecule has 2 aromatic rings. The number of nitrogens with one attached hydrogen (secondary N) is 1. The van der Waals surface area contributed by atoms with E-state index in [1.54, 1.807) is 16.7 Å². The standard InChI is InChI=1S/C18H25N5O2S.ClH/c1-13-10-14(2-3-19-13)17(25)22-6-4-21(5-7-22)12-15-11-16(24)23-8-9-26-18(23)20-15;/h8-9,11,13-14,19H,2-7,10,12H2,1H3;1H/t13-,14-;/m0./s1. The molecule has 1 N–H and O–H groups in total. The van der Waals surface area contributed by atoms with Gasteiger partial charge in [0.25, 0.3) is 5.56 Å². The van der Waals surface area contributed by atoms with Crippen LogP contribution in [0, 0.1) is 5.92 Å². The van der Waals surface area contributed by atoms with Gasteiger partial charge in [-0.25, -0.2) is 4.98 Å². The van der Waals surface area contributed by atoms with Crippen molar-refractivity contribution in [3.05, 3.63) is 33.7 Å². The second-order valence-electron chi connectivity index (χ2n) is 7.32. The van der Waals surface area contributed by atoms with E-state index in [2.05, 4.69) is 22.1 Å². The molecule has 0 saturated carbocycles. The number of nitrogens with zero attached hydrogens (tertiary/aromatic N) is 4. The molecule has 9 heteroatoms. The SMILES string of the molecule is C[C@H]1C[C@@H](C(=O)N2CCN(Cc3cc(=O)n4ccsc4n3)CC2)CCN1.Cl. The molecule has 7 nitrogen and oxygen atoms in total. The van der Waals surface area contributed by atoms with Gasteiger partial charge in [-0.2, -0.15) is 0 Å². The summed E-state index contributed by atoms with van der Waals surface area (Å²) >= 11 is 1.47. The quantitative estimate of drug-likeness (QED) is 0.822. The van der Waals surface area contributed by atoms with Crippen molar-refractivity contribution in [2.75, 3.05) is 32.7 Å². The zero-order valence-corrected chi connectivity index (χ0v) is 17.1. The first-order valence-electron chi connectivity index (χ1n) is 9.30. The van der Waals surface area contributed by atoms with E-state index in [4.69, 9.17) is 0 Å². The summed E-state index contributed by atoms with van der Waals surface area (Å²) in [5.74, 6) is 0.482. The Bertz CT molecular complexity index is 846. The first-order chi connectivity index (χ1) is 12.6. The van der Waals surface area contributed by atoms with Crippen LogP contribution in [0.1, 0.15) is 25.5 Å². The van der Waals surface area contributed by atoms with Gasteiger partial charge in [-0.3, -0.25) is 18.9 Å². The van der Waals surface area contributed by atoms with Gasteiger partial charge in [0.2, 0.25) is 5.91 Å². The van der Waals surface area contributed by atoms with E-state index in [0.29, 0.717) is 18.5 Å². The number of carbonyl (C=O) groups is 1. The lowest BCUT2D eigenvalue weighted by Gasteiger charge is -2.37. The second-order valence-corrected chi connectivity index (χ2v) is 8.19. The topological polar surface area (TPSA) is 70.0 Å². The molecule has 0 aliphatic carbocycles. The number of thiazole rings is 1. The summed E-state index contributed by atoms with van der Waals surface area (Å²) in [4.78, 5) is 34.5. The number of piperidine rings is 1. The third-order valence-electron chi connectivity index (χ3n) is 5.40. The number of amides is 1. The Morgan fingerprint density at radius 1 is 1.33 bits per heavy atom. The lowest BCUT2D eigenvalue weighted by Crippen LogP contribution is -2.51. The molecule has 2 aliphatic rings. The van der Waals surface area contributed by atoms with Gasteiger partial charge < -0.3 is 10.2 Å². The van der Waals surface area contributed by atoms with E-state index >= 15 is 0 Å². The fourth-order valence-electron chi connectivity index (χ4n) is 3.94. The Hall–Kier alpha value is -1.48. The van der Waals surface area contributed by atoms with Crippen molar-refractivity contribution in [1.29, 1.82) is 0 Å². The smallest absolute Gasteiger partial charge is 0.258 e. The molecule has 0 radical (unpaired) electrons. The van der Waals surface area contributed by atoms with E-state index in [1.165, 1.54) is 11.3 Å². The summed E-state index contributed by atoms with van der Waals surface area (Å²) in [6.07, 6.45) is 3.64. The van der Waals surface area contributed by atoms with Crippen LogP contribution < -0.4 is 10.9 Å². The van der Waals surface area contributed by atoms with Gasteiger partial charge >= 0.3 is 0 Å². The van der Waals surface area contributed by atoms with Crippen LogP contribution in [-0.4, -0.2) is 63.9 Å². The number of rotatable bonds is 3. The van der Waals surface area contributed by atoms with Crippen molar-refractivity contribution in [3.63, 3.8) is 0 Å². The first-order valence-corrected chi connectivity index (χ1v) is 10.2. The molecule has 0 unspecified atom stereocenters. The first kappa shape index (κ1) is 20.3. The van der Waals surface area contributed by atoms with E-state index < -0.39 is 0 Å². The van der Waals surface area contributed by atoms with E-state index in [9.17, 15) is 9.59 Å². The minimum atomic E-state index is -0.0277. The van der Waals surface area contributed by atoms with Crippen LogP contribution in [0.3, 0.4) is 0 Å². The van der Waals surface area contributed by atoms with Gasteiger partial charge in [0.05, 0.1) is 5.69 Å². The van der Waals surface area contributed by atoms with Crippen LogP contribution in [0.4, 0.5) is 0 Å². The Kier molecular flexibility index (Phi) is 6.52. The molecule has 4 rings (SSSR count). The molecule has 1 amide bonds. The number of fused-ring (bicyclic) bond motifs is 1. The third kappa shape index (κ3) is 4.51. The maximum Gasteiger partial charge on any atom is 0.258 e. The summed E-state index contributed by atoms with van der Waals surface area (Å²) < 4.78 is 1.57. The van der Waals surface area contributed by atoms with Crippen LogP contribution in [0.5, 0.6) is 0 Å². The van der Waals surface area contributed by atoms with Crippen LogP contribution in [-0.2, 0) is 11.3 Å². The minimum Gasteiger partial charge on any atom is -0.340 e. The van der Waals surface area contributed by atoms with Crippen LogP contribution in [0.15, 0.2) is 22.4 Å². The maximum absolute atomic E-state index is 12.7. The summed E-state index contributed by atoms with van der Waals surface area (Å²) in [5.41, 5.74) is 0.782. The van der Waals surface area contributed by atoms with Crippen LogP contribution in [0.2, 0.25) is 0 Å². The predicted molar refractivity (Wildman–Crippen MR) is 109 cm³/mol. The average Bonchev–Trinajstić information content (AvgIpc) is 3.11. The fourth-order valence-corrected chi connectivity index (χ4v) is 4.68. The molecule has 2 atom stereocenters. The molecule has 148 valence electrons. The largest absolute Gasteiger partial charge is 0.340 e. The summed E-state index contributed by atoms with van der Waals surface area (Å²) in [6, 6.07) is 2.05. The van der Waals surface area contributed by atoms with Gasteiger partial charge in [0.1, 0.15) is 0 Å². The number of carbonyl (C=O) groups excluding carboxylic acids is 1. The highest BCUT2D eigenvalue weighted by atomic mass is 35.5. The van der Waals surface area contributed by atoms with Crippen LogP contribution >= 0.6 is 23.7 Å². The minimum absolute atomic E-state index is 0. The highest BCUT2D eigenvalue weighted by Gasteiger charge is 2.30. The highest BCUT2D eigenvalue weighted by Crippen LogP contribution is 2.20. The number of hydrogen-bond acceptors (Lipinski definition) is 6. The highest BCUT2D eigenvalue weighted by molar-refractivity contribution is 7.15. The molecule has 27 heavy (non-hydrogen) atoms. The molecular formula is C18H26ClN5O2S. The average molecular weight is 412 g/mol. The second kappa shape index (κ2) is 8.68. The van der Waals surface area contributed by atoms with Crippen molar-refractivity contribution >= 4 is 34.6 Å². The van der Waals surface area contributed by atoms with Crippen molar-refractivity contribution in [2.45, 2.75) is 32.4 Å². The molecule has 0 aromatic carbocycles. The molecule has 2 aromatic heterocycles. The van der Waals surface area contributed by atoms with Crippen LogP contribution in [0.25, 0.3) is 4.96 Å². The molecule has 4 heterocycles. The lowest BCUT2D eigenvalue weighted by molar-refractivity contribution is -0.138. The van der Waals surface area contributed by atoms with E-state index in [0.717, 1.165) is 56.2 Å². The monoisotopic (exact) mass is 411 g/mol. The van der Waals surface area contributed by atoms with Gasteiger partial charge in [-0.1, -0.05) is 0 Å². The number of hydrogen-bond donors (Lipinski definition) is 1. The van der Waals surface area contributed by atoms with Gasteiger partial charge in [0, 0.05) is 62.3 Å². The van der Waals surface area contributed by atoms with Gasteiger partial charge in [-0.15, -0.1) is 23.7 Å². The van der Waals surface area contributed by atoms with E-state index in [1.807, 2.05) is 10.3 Å². The summed E-state index contributed by atoms with van der Waals surface area (Å²) in [7, 11) is 0. The summed E-state index contributed by atoms with van der Waals surface area (Å²) in [6.45, 7) is 6.93. The molecule has 2 fully saturated rings. The molecular weight excluding hydrogens is 386 g/mol. The Morgan fingerprint density at radius 2 is 2.11 bits per heavy atom. The Morgan fingerprint density at radius 3 is 2.85 bits per heavy atom. The Labute approximate surface area is 168 Å². The van der Waals surface area contributed by atoms with Crippen molar-refractivity contribution in [1.82, 2.24) is 24.5 Å². The predicted octanol–water partition coefficient (Wildman–Crippen LogP) is 1.21. The molecule has 0 spiro atoms. The number of halogens is 1. The number of piperazine rings is 1. The zero-order valence-electron chi connectivity index (χ0n) is 15.5. The molecule has 2 aliphatic heterocycles. The zero-order chi connectivity index (χ0) is 18.1. The molecule has 2 saturated heterocycles. The maximum atomic E-state index is 12.7. The fraction of sp³-hybridized carbons (Fsp3) is 0.611. The van der Waals surface area contributed by atoms with Gasteiger partial charge in [-0.05, 0) is 26.3 Å². The third-order valence-corrected chi connectivity index (χ3v) is 6.16. The molecule has 0 bridgehead atoms. The van der Waals surface area contributed by atoms with Crippen molar-refractivity contribution in [2.24, 2.45) is 5.92 Å². The summed E-state index contributed by atoms with van der Waals surface area (Å²) in [5, 5.41) is 5.28. The Balaban J connectivity index is 0.00000210.